The second-order valence-corrected chi connectivity index (χ2v) is 7.31. The first-order chi connectivity index (χ1) is 10.1. The molecule has 1 aliphatic carbocycles. The van der Waals surface area contributed by atoms with Crippen LogP contribution in [-0.4, -0.2) is 6.04 Å². The van der Waals surface area contributed by atoms with Gasteiger partial charge in [-0.1, -0.05) is 62.7 Å². The van der Waals surface area contributed by atoms with E-state index < -0.39 is 0 Å². The van der Waals surface area contributed by atoms with E-state index in [2.05, 4.69) is 61.6 Å². The average molecular weight is 281 g/mol. The van der Waals surface area contributed by atoms with Gasteiger partial charge in [-0.15, -0.1) is 0 Å². The highest BCUT2D eigenvalue weighted by Gasteiger charge is 2.23. The summed E-state index contributed by atoms with van der Waals surface area (Å²) in [5.41, 5.74) is 1.96. The monoisotopic (exact) mass is 281 g/mol. The van der Waals surface area contributed by atoms with Crippen molar-refractivity contribution < 1.29 is 0 Å². The molecular formula is C20H27N. The summed E-state index contributed by atoms with van der Waals surface area (Å²) >= 11 is 0. The molecule has 0 aliphatic heterocycles. The lowest BCUT2D eigenvalue weighted by Gasteiger charge is -2.22. The van der Waals surface area contributed by atoms with E-state index in [-0.39, 0.29) is 0 Å². The topological polar surface area (TPSA) is 12.0 Å². The molecule has 2 aromatic carbocycles. The Bertz CT molecular complexity index is 594. The van der Waals surface area contributed by atoms with Gasteiger partial charge in [0.25, 0.3) is 0 Å². The lowest BCUT2D eigenvalue weighted by molar-refractivity contribution is 0.309. The lowest BCUT2D eigenvalue weighted by atomic mass is 9.85. The highest BCUT2D eigenvalue weighted by molar-refractivity contribution is 5.85. The zero-order chi connectivity index (χ0) is 14.7. The van der Waals surface area contributed by atoms with E-state index in [0.29, 0.717) is 11.5 Å². The van der Waals surface area contributed by atoms with Gasteiger partial charge in [0.2, 0.25) is 0 Å². The van der Waals surface area contributed by atoms with Crippen molar-refractivity contribution in [1.82, 2.24) is 5.32 Å². The Morgan fingerprint density at radius 2 is 1.81 bits per heavy atom. The van der Waals surface area contributed by atoms with Crippen LogP contribution in [0.4, 0.5) is 0 Å². The Morgan fingerprint density at radius 1 is 1.00 bits per heavy atom. The molecule has 1 saturated carbocycles. The van der Waals surface area contributed by atoms with Gasteiger partial charge in [0.15, 0.2) is 0 Å². The summed E-state index contributed by atoms with van der Waals surface area (Å²) in [6.45, 7) is 5.83. The van der Waals surface area contributed by atoms with Crippen molar-refractivity contribution in [2.45, 2.75) is 58.5 Å². The Hall–Kier alpha value is -1.34. The van der Waals surface area contributed by atoms with E-state index in [1.807, 2.05) is 0 Å². The fourth-order valence-corrected chi connectivity index (χ4v) is 3.57. The van der Waals surface area contributed by atoms with Gasteiger partial charge in [0.1, 0.15) is 0 Å². The Labute approximate surface area is 128 Å². The number of hydrogen-bond donors (Lipinski definition) is 1. The first-order valence-corrected chi connectivity index (χ1v) is 8.34. The molecule has 21 heavy (non-hydrogen) atoms. The molecule has 0 aromatic heterocycles. The van der Waals surface area contributed by atoms with Crippen molar-refractivity contribution in [3.05, 3.63) is 48.0 Å². The molecule has 1 N–H and O–H groups in total. The first kappa shape index (κ1) is 14.6. The molecule has 0 radical (unpaired) electrons. The summed E-state index contributed by atoms with van der Waals surface area (Å²) in [6.07, 6.45) is 6.73. The van der Waals surface area contributed by atoms with Gasteiger partial charge in [-0.3, -0.25) is 0 Å². The molecule has 0 bridgehead atoms. The summed E-state index contributed by atoms with van der Waals surface area (Å²) in [7, 11) is 0. The molecule has 112 valence electrons. The molecule has 1 fully saturated rings. The number of fused-ring (bicyclic) bond motifs is 1. The standard InChI is InChI=1S/C20H27N/c1-20(2)13-6-10-18(12-14-20)21-15-17-9-5-8-16-7-3-4-11-19(16)17/h3-5,7-9,11,18,21H,6,10,12-15H2,1-2H3. The molecule has 0 heterocycles. The maximum atomic E-state index is 3.81. The van der Waals surface area contributed by atoms with Gasteiger partial charge >= 0.3 is 0 Å². The minimum absolute atomic E-state index is 0.538. The average Bonchev–Trinajstić information content (AvgIpc) is 2.66. The summed E-state index contributed by atoms with van der Waals surface area (Å²) in [5, 5.41) is 6.54. The molecule has 0 spiro atoms. The molecule has 1 atom stereocenters. The van der Waals surface area contributed by atoms with Gasteiger partial charge in [-0.05, 0) is 47.4 Å². The molecule has 3 rings (SSSR count). The highest BCUT2D eigenvalue weighted by atomic mass is 14.9. The van der Waals surface area contributed by atoms with Crippen LogP contribution in [0.2, 0.25) is 0 Å². The third kappa shape index (κ3) is 3.65. The van der Waals surface area contributed by atoms with Gasteiger partial charge < -0.3 is 5.32 Å². The maximum Gasteiger partial charge on any atom is 0.0214 e. The predicted octanol–water partition coefficient (Wildman–Crippen LogP) is 5.29. The third-order valence-electron chi connectivity index (χ3n) is 5.04. The molecule has 1 aliphatic rings. The van der Waals surface area contributed by atoms with Crippen LogP contribution in [0.1, 0.15) is 51.5 Å². The van der Waals surface area contributed by atoms with Crippen LogP contribution < -0.4 is 5.32 Å². The van der Waals surface area contributed by atoms with E-state index in [1.165, 1.54) is 48.4 Å². The van der Waals surface area contributed by atoms with E-state index in [1.54, 1.807) is 0 Å². The van der Waals surface area contributed by atoms with E-state index in [9.17, 15) is 0 Å². The van der Waals surface area contributed by atoms with Crippen LogP contribution in [0.3, 0.4) is 0 Å². The zero-order valence-electron chi connectivity index (χ0n) is 13.4. The summed E-state index contributed by atoms with van der Waals surface area (Å²) in [6, 6.07) is 16.0. The van der Waals surface area contributed by atoms with Crippen molar-refractivity contribution in [2.75, 3.05) is 0 Å². The number of benzene rings is 2. The largest absolute Gasteiger partial charge is 0.310 e. The van der Waals surface area contributed by atoms with Gasteiger partial charge in [-0.2, -0.15) is 0 Å². The Morgan fingerprint density at radius 3 is 2.71 bits per heavy atom. The number of rotatable bonds is 3. The molecule has 0 saturated heterocycles. The fraction of sp³-hybridized carbons (Fsp3) is 0.500. The number of hydrogen-bond acceptors (Lipinski definition) is 1. The Balaban J connectivity index is 1.67. The van der Waals surface area contributed by atoms with Crippen LogP contribution in [-0.2, 0) is 6.54 Å². The van der Waals surface area contributed by atoms with Crippen LogP contribution in [0.5, 0.6) is 0 Å². The fourth-order valence-electron chi connectivity index (χ4n) is 3.57. The van der Waals surface area contributed by atoms with Crippen molar-refractivity contribution in [3.8, 4) is 0 Å². The molecule has 1 unspecified atom stereocenters. The SMILES string of the molecule is CC1(C)CCCC(NCc2cccc3ccccc23)CC1. The second-order valence-electron chi connectivity index (χ2n) is 7.31. The third-order valence-corrected chi connectivity index (χ3v) is 5.04. The van der Waals surface area contributed by atoms with E-state index in [4.69, 9.17) is 0 Å². The van der Waals surface area contributed by atoms with Crippen LogP contribution in [0.15, 0.2) is 42.5 Å². The van der Waals surface area contributed by atoms with Gasteiger partial charge in [0, 0.05) is 12.6 Å². The quantitative estimate of drug-likeness (QED) is 0.754. The summed E-state index contributed by atoms with van der Waals surface area (Å²) < 4.78 is 0. The summed E-state index contributed by atoms with van der Waals surface area (Å²) in [4.78, 5) is 0. The van der Waals surface area contributed by atoms with Crippen molar-refractivity contribution in [1.29, 1.82) is 0 Å². The normalized spacial score (nSPS) is 22.1. The Kier molecular flexibility index (Phi) is 4.30. The number of nitrogens with one attached hydrogen (secondary N) is 1. The minimum Gasteiger partial charge on any atom is -0.310 e. The van der Waals surface area contributed by atoms with E-state index in [0.717, 1.165) is 6.54 Å². The second kappa shape index (κ2) is 6.19. The van der Waals surface area contributed by atoms with E-state index >= 15 is 0 Å². The summed E-state index contributed by atoms with van der Waals surface area (Å²) in [5.74, 6) is 0. The smallest absolute Gasteiger partial charge is 0.0214 e. The first-order valence-electron chi connectivity index (χ1n) is 8.34. The van der Waals surface area contributed by atoms with Crippen LogP contribution >= 0.6 is 0 Å². The highest BCUT2D eigenvalue weighted by Crippen LogP contribution is 2.33. The zero-order valence-corrected chi connectivity index (χ0v) is 13.4. The molecular weight excluding hydrogens is 254 g/mol. The molecule has 1 heteroatoms. The predicted molar refractivity (Wildman–Crippen MR) is 91.4 cm³/mol. The van der Waals surface area contributed by atoms with Crippen molar-refractivity contribution in [3.63, 3.8) is 0 Å². The van der Waals surface area contributed by atoms with Crippen LogP contribution in [0, 0.1) is 5.41 Å². The lowest BCUT2D eigenvalue weighted by Crippen LogP contribution is -2.28. The molecule has 2 aromatic rings. The van der Waals surface area contributed by atoms with Gasteiger partial charge in [0.05, 0.1) is 0 Å². The minimum atomic E-state index is 0.538. The molecule has 0 amide bonds. The molecule has 1 nitrogen and oxygen atoms in total. The van der Waals surface area contributed by atoms with Crippen molar-refractivity contribution in [2.24, 2.45) is 5.41 Å². The van der Waals surface area contributed by atoms with Crippen LogP contribution in [0.25, 0.3) is 10.8 Å². The van der Waals surface area contributed by atoms with Crippen molar-refractivity contribution >= 4 is 10.8 Å². The van der Waals surface area contributed by atoms with Gasteiger partial charge in [-0.25, -0.2) is 0 Å². The maximum absolute atomic E-state index is 3.81.